The molecule has 1 N–H and O–H groups in total. The van der Waals surface area contributed by atoms with Crippen LogP contribution in [0.2, 0.25) is 0 Å². The van der Waals surface area contributed by atoms with E-state index in [-0.39, 0.29) is 24.1 Å². The molecule has 10 nitrogen and oxygen atoms in total. The Morgan fingerprint density at radius 2 is 1.75 bits per heavy atom. The summed E-state index contributed by atoms with van der Waals surface area (Å²) in [6.45, 7) is 4.54. The Labute approximate surface area is 260 Å². The molecular formula is C33H34N6O4S. The van der Waals surface area contributed by atoms with Crippen LogP contribution >= 0.6 is 11.8 Å². The van der Waals surface area contributed by atoms with Gasteiger partial charge in [-0.1, -0.05) is 55.1 Å². The minimum absolute atomic E-state index is 0.0161. The number of hydrogen-bond acceptors (Lipinski definition) is 8. The number of hydrogen-bond donors (Lipinski definition) is 1. The van der Waals surface area contributed by atoms with Crippen LogP contribution in [0.4, 0.5) is 17.1 Å². The molecule has 0 aliphatic carbocycles. The van der Waals surface area contributed by atoms with Gasteiger partial charge in [0.15, 0.2) is 5.17 Å². The molecule has 3 aromatic rings. The first-order chi connectivity index (χ1) is 21.4. The summed E-state index contributed by atoms with van der Waals surface area (Å²) in [4.78, 5) is 55.7. The number of ether oxygens (including phenoxy) is 1. The second-order valence-corrected chi connectivity index (χ2v) is 11.9. The Kier molecular flexibility index (Phi) is 8.65. The first-order valence-electron chi connectivity index (χ1n) is 14.7. The number of methoxy groups -OCH3 is 1. The van der Waals surface area contributed by atoms with Gasteiger partial charge in [0.1, 0.15) is 17.6 Å². The van der Waals surface area contributed by atoms with E-state index in [1.807, 2.05) is 60.4 Å². The molecule has 226 valence electrons. The number of anilines is 2. The van der Waals surface area contributed by atoms with Crippen molar-refractivity contribution in [3.63, 3.8) is 0 Å². The average Bonchev–Trinajstić information content (AvgIpc) is 3.39. The van der Waals surface area contributed by atoms with Crippen LogP contribution in [0.1, 0.15) is 25.3 Å². The third kappa shape index (κ3) is 6.05. The van der Waals surface area contributed by atoms with Gasteiger partial charge in [-0.05, 0) is 42.8 Å². The van der Waals surface area contributed by atoms with Gasteiger partial charge < -0.3 is 19.9 Å². The predicted octanol–water partition coefficient (Wildman–Crippen LogP) is 4.54. The predicted molar refractivity (Wildman–Crippen MR) is 174 cm³/mol. The van der Waals surface area contributed by atoms with Gasteiger partial charge in [0.25, 0.3) is 5.91 Å². The molecule has 1 fully saturated rings. The Morgan fingerprint density at radius 3 is 2.50 bits per heavy atom. The van der Waals surface area contributed by atoms with Crippen molar-refractivity contribution in [2.24, 2.45) is 9.98 Å². The van der Waals surface area contributed by atoms with Gasteiger partial charge in [-0.2, -0.15) is 0 Å². The SMILES string of the molecule is CCC(SC1=Nc2ccccc2C2=NC(CC(=O)N3CCN(c4ccccc4)CC3)C(=O)N12)C(=O)Nc1cccc(OC)c1. The number of amides is 3. The smallest absolute Gasteiger partial charge is 0.259 e. The maximum absolute atomic E-state index is 13.8. The monoisotopic (exact) mass is 610 g/mol. The van der Waals surface area contributed by atoms with Gasteiger partial charge in [-0.15, -0.1) is 0 Å². The van der Waals surface area contributed by atoms with E-state index in [0.717, 1.165) is 24.3 Å². The number of carbonyl (C=O) groups is 3. The molecule has 0 radical (unpaired) electrons. The molecule has 0 aromatic heterocycles. The highest BCUT2D eigenvalue weighted by Crippen LogP contribution is 2.36. The molecule has 1 saturated heterocycles. The highest BCUT2D eigenvalue weighted by molar-refractivity contribution is 8.15. The summed E-state index contributed by atoms with van der Waals surface area (Å²) in [5, 5.41) is 2.80. The molecule has 3 aromatic carbocycles. The third-order valence-corrected chi connectivity index (χ3v) is 9.23. The minimum atomic E-state index is -0.854. The van der Waals surface area contributed by atoms with Gasteiger partial charge in [0.2, 0.25) is 11.8 Å². The molecule has 0 spiro atoms. The van der Waals surface area contributed by atoms with Crippen molar-refractivity contribution in [3.05, 3.63) is 84.4 Å². The number of thioether (sulfide) groups is 1. The van der Waals surface area contributed by atoms with Crippen molar-refractivity contribution >= 4 is 57.5 Å². The van der Waals surface area contributed by atoms with Gasteiger partial charge in [0.05, 0.1) is 24.5 Å². The summed E-state index contributed by atoms with van der Waals surface area (Å²) >= 11 is 1.22. The largest absolute Gasteiger partial charge is 0.497 e. The summed E-state index contributed by atoms with van der Waals surface area (Å²) in [6.07, 6.45) is 0.490. The van der Waals surface area contributed by atoms with Crippen LogP contribution in [0, 0.1) is 0 Å². The Bertz CT molecular complexity index is 1620. The van der Waals surface area contributed by atoms with Gasteiger partial charge in [-0.3, -0.25) is 19.4 Å². The first-order valence-corrected chi connectivity index (χ1v) is 15.6. The van der Waals surface area contributed by atoms with E-state index in [2.05, 4.69) is 22.3 Å². The molecule has 0 saturated carbocycles. The maximum atomic E-state index is 13.8. The second-order valence-electron chi connectivity index (χ2n) is 10.7. The van der Waals surface area contributed by atoms with Crippen molar-refractivity contribution < 1.29 is 19.1 Å². The molecule has 3 amide bonds. The molecule has 44 heavy (non-hydrogen) atoms. The van der Waals surface area contributed by atoms with Crippen molar-refractivity contribution in [2.45, 2.75) is 31.1 Å². The fraction of sp³-hybridized carbons (Fsp3) is 0.303. The van der Waals surface area contributed by atoms with Crippen LogP contribution < -0.4 is 15.0 Å². The van der Waals surface area contributed by atoms with Crippen LogP contribution in [0.15, 0.2) is 88.8 Å². The molecule has 6 rings (SSSR count). The molecular weight excluding hydrogens is 576 g/mol. The number of fused-ring (bicyclic) bond motifs is 3. The normalized spacial score (nSPS) is 18.2. The number of nitrogens with zero attached hydrogens (tertiary/aromatic N) is 5. The van der Waals surface area contributed by atoms with Crippen LogP contribution in [0.3, 0.4) is 0 Å². The van der Waals surface area contributed by atoms with Gasteiger partial charge in [-0.25, -0.2) is 9.89 Å². The van der Waals surface area contributed by atoms with Crippen molar-refractivity contribution in [1.29, 1.82) is 0 Å². The quantitative estimate of drug-likeness (QED) is 0.401. The summed E-state index contributed by atoms with van der Waals surface area (Å²) < 4.78 is 5.27. The van der Waals surface area contributed by atoms with Crippen molar-refractivity contribution in [2.75, 3.05) is 43.5 Å². The zero-order valence-electron chi connectivity index (χ0n) is 24.7. The lowest BCUT2D eigenvalue weighted by atomic mass is 10.1. The molecule has 2 atom stereocenters. The fourth-order valence-corrected chi connectivity index (χ4v) is 6.55. The van der Waals surface area contributed by atoms with E-state index < -0.39 is 11.3 Å². The zero-order chi connectivity index (χ0) is 30.6. The second kappa shape index (κ2) is 12.9. The lowest BCUT2D eigenvalue weighted by Crippen LogP contribution is -2.50. The minimum Gasteiger partial charge on any atom is -0.497 e. The number of amidine groups is 2. The Balaban J connectivity index is 1.16. The van der Waals surface area contributed by atoms with Crippen molar-refractivity contribution in [1.82, 2.24) is 9.80 Å². The topological polar surface area (TPSA) is 107 Å². The lowest BCUT2D eigenvalue weighted by molar-refractivity contribution is -0.135. The standard InChI is InChI=1S/C33H34N6O4S/c1-3-28(31(41)34-22-10-9-13-24(20-22)43-2)44-33-36-26-15-8-7-14-25(26)30-35-27(32(42)39(30)33)21-29(40)38-18-16-37(17-19-38)23-11-5-4-6-12-23/h4-15,20,27-28H,3,16-19,21H2,1-2H3,(H,34,41). The Morgan fingerprint density at radius 1 is 1.00 bits per heavy atom. The molecule has 3 heterocycles. The summed E-state index contributed by atoms with van der Waals surface area (Å²) in [5.74, 6) is 0.500. The number of nitrogens with one attached hydrogen (secondary N) is 1. The average molecular weight is 611 g/mol. The number of benzene rings is 3. The molecule has 2 unspecified atom stereocenters. The summed E-state index contributed by atoms with van der Waals surface area (Å²) in [7, 11) is 1.57. The van der Waals surface area contributed by atoms with E-state index in [1.165, 1.54) is 16.7 Å². The maximum Gasteiger partial charge on any atom is 0.259 e. The van der Waals surface area contributed by atoms with Gasteiger partial charge in [0, 0.05) is 49.2 Å². The molecule has 11 heteroatoms. The Hall–Kier alpha value is -4.64. The van der Waals surface area contributed by atoms with E-state index in [0.29, 0.717) is 47.6 Å². The molecule has 3 aliphatic rings. The third-order valence-electron chi connectivity index (χ3n) is 7.92. The van der Waals surface area contributed by atoms with E-state index in [9.17, 15) is 14.4 Å². The number of rotatable bonds is 8. The van der Waals surface area contributed by atoms with Crippen LogP contribution in [0.5, 0.6) is 5.75 Å². The zero-order valence-corrected chi connectivity index (χ0v) is 25.5. The molecule has 0 bridgehead atoms. The highest BCUT2D eigenvalue weighted by atomic mass is 32.2. The number of para-hydroxylation sites is 2. The van der Waals surface area contributed by atoms with E-state index in [4.69, 9.17) is 14.7 Å². The number of carbonyl (C=O) groups excluding carboxylic acids is 3. The lowest BCUT2D eigenvalue weighted by Gasteiger charge is -2.36. The summed E-state index contributed by atoms with van der Waals surface area (Å²) in [6, 6.07) is 23.9. The van der Waals surface area contributed by atoms with Crippen LogP contribution in [0.25, 0.3) is 0 Å². The van der Waals surface area contributed by atoms with Crippen LogP contribution in [-0.4, -0.2) is 83.1 Å². The first kappa shape index (κ1) is 29.4. The van der Waals surface area contributed by atoms with E-state index >= 15 is 0 Å². The van der Waals surface area contributed by atoms with Gasteiger partial charge >= 0.3 is 0 Å². The number of piperazine rings is 1. The summed E-state index contributed by atoms with van der Waals surface area (Å²) in [5.41, 5.74) is 3.15. The molecule has 3 aliphatic heterocycles. The number of aliphatic imine (C=N–C) groups is 2. The van der Waals surface area contributed by atoms with E-state index in [1.54, 1.807) is 25.3 Å². The highest BCUT2D eigenvalue weighted by Gasteiger charge is 2.43. The van der Waals surface area contributed by atoms with Crippen molar-refractivity contribution in [3.8, 4) is 5.75 Å². The van der Waals surface area contributed by atoms with Crippen LogP contribution in [-0.2, 0) is 14.4 Å². The fourth-order valence-electron chi connectivity index (χ4n) is 5.53.